The molecule has 0 unspecified atom stereocenters. The Bertz CT molecular complexity index is 2880. The van der Waals surface area contributed by atoms with Crippen LogP contribution in [0.1, 0.15) is 47.9 Å². The molecule has 2 aliphatic rings. The number of fused-ring (bicyclic) bond motifs is 5. The van der Waals surface area contributed by atoms with Gasteiger partial charge in [-0.25, -0.2) is 0 Å². The SMILES string of the molecule is c1ccc(-c2c3c(c(N(c4ccccc4)c4ccc(N(c5ccccc5)c5ccc(-c6ccc7sc8ccccc8c7c6)cc5)cc4)c4c2CCCC4)CCCC3)cc1. The first kappa shape index (κ1) is 35.7. The number of benzene rings is 8. The van der Waals surface area contributed by atoms with Gasteiger partial charge in [-0.15, -0.1) is 11.3 Å². The lowest BCUT2D eigenvalue weighted by atomic mass is 9.75. The van der Waals surface area contributed by atoms with Crippen molar-refractivity contribution in [3.05, 3.63) is 204 Å². The van der Waals surface area contributed by atoms with Gasteiger partial charge in [0.1, 0.15) is 0 Å². The number of para-hydroxylation sites is 2. The van der Waals surface area contributed by atoms with Crippen LogP contribution in [0.15, 0.2) is 182 Å². The molecule has 0 spiro atoms. The highest BCUT2D eigenvalue weighted by molar-refractivity contribution is 7.25. The Hall–Kier alpha value is -6.42. The van der Waals surface area contributed by atoms with Gasteiger partial charge in [-0.3, -0.25) is 0 Å². The van der Waals surface area contributed by atoms with Crippen LogP contribution in [-0.2, 0) is 25.7 Å². The quantitative estimate of drug-likeness (QED) is 0.152. The molecule has 11 rings (SSSR count). The Morgan fingerprint density at radius 2 is 0.763 bits per heavy atom. The number of hydrogen-bond acceptors (Lipinski definition) is 3. The summed E-state index contributed by atoms with van der Waals surface area (Å²) in [6.45, 7) is 0. The zero-order valence-corrected chi connectivity index (χ0v) is 34.1. The monoisotopic (exact) mass is 778 g/mol. The molecule has 0 N–H and O–H groups in total. The fourth-order valence-corrected chi connectivity index (χ4v) is 11.0. The molecule has 1 heterocycles. The van der Waals surface area contributed by atoms with Gasteiger partial charge in [0.05, 0.1) is 5.69 Å². The maximum absolute atomic E-state index is 2.60. The summed E-state index contributed by atoms with van der Waals surface area (Å²) < 4.78 is 2.67. The minimum Gasteiger partial charge on any atom is -0.311 e. The third kappa shape index (κ3) is 6.51. The van der Waals surface area contributed by atoms with Crippen molar-refractivity contribution in [2.24, 2.45) is 0 Å². The zero-order chi connectivity index (χ0) is 39.1. The van der Waals surface area contributed by atoms with E-state index in [1.165, 1.54) is 85.2 Å². The molecule has 0 aliphatic heterocycles. The summed E-state index contributed by atoms with van der Waals surface area (Å²) in [5, 5.41) is 2.66. The topological polar surface area (TPSA) is 6.48 Å². The van der Waals surface area contributed by atoms with Gasteiger partial charge >= 0.3 is 0 Å². The molecule has 2 nitrogen and oxygen atoms in total. The Morgan fingerprint density at radius 3 is 1.37 bits per heavy atom. The summed E-state index contributed by atoms with van der Waals surface area (Å²) in [5.74, 6) is 0. The number of hydrogen-bond donors (Lipinski definition) is 0. The average molecular weight is 779 g/mol. The lowest BCUT2D eigenvalue weighted by molar-refractivity contribution is 0.661. The van der Waals surface area contributed by atoms with Gasteiger partial charge in [0.25, 0.3) is 0 Å². The molecule has 1 aromatic heterocycles. The summed E-state index contributed by atoms with van der Waals surface area (Å²) in [4.78, 5) is 4.98. The molecule has 3 heteroatoms. The summed E-state index contributed by atoms with van der Waals surface area (Å²) in [6, 6.07) is 67.2. The third-order valence-electron chi connectivity index (χ3n) is 12.6. The molecule has 9 aromatic rings. The number of rotatable bonds is 8. The highest BCUT2D eigenvalue weighted by atomic mass is 32.1. The van der Waals surface area contributed by atoms with E-state index in [0.717, 1.165) is 42.7 Å². The highest BCUT2D eigenvalue weighted by Crippen LogP contribution is 2.50. The van der Waals surface area contributed by atoms with Crippen LogP contribution in [0.2, 0.25) is 0 Å². The van der Waals surface area contributed by atoms with Crippen LogP contribution in [0, 0.1) is 0 Å². The van der Waals surface area contributed by atoms with E-state index in [1.807, 2.05) is 11.3 Å². The molecular weight excluding hydrogens is 733 g/mol. The van der Waals surface area contributed by atoms with Gasteiger partial charge in [-0.2, -0.15) is 0 Å². The van der Waals surface area contributed by atoms with Crippen LogP contribution in [0.5, 0.6) is 0 Å². The van der Waals surface area contributed by atoms with Crippen LogP contribution < -0.4 is 9.80 Å². The van der Waals surface area contributed by atoms with Crippen molar-refractivity contribution in [3.8, 4) is 22.3 Å². The van der Waals surface area contributed by atoms with Gasteiger partial charge in [0.15, 0.2) is 0 Å². The van der Waals surface area contributed by atoms with E-state index in [1.54, 1.807) is 22.3 Å². The molecule has 0 amide bonds. The molecule has 8 aromatic carbocycles. The lowest BCUT2D eigenvalue weighted by Gasteiger charge is -2.37. The minimum atomic E-state index is 1.12. The predicted octanol–water partition coefficient (Wildman–Crippen LogP) is 16.1. The normalized spacial score (nSPS) is 13.6. The molecule has 286 valence electrons. The molecule has 0 radical (unpaired) electrons. The molecule has 0 saturated heterocycles. The molecular formula is C56H46N2S. The predicted molar refractivity (Wildman–Crippen MR) is 253 cm³/mol. The molecule has 0 saturated carbocycles. The van der Waals surface area contributed by atoms with Crippen LogP contribution in [0.3, 0.4) is 0 Å². The van der Waals surface area contributed by atoms with Gasteiger partial charge in [-0.05, 0) is 175 Å². The Balaban J connectivity index is 1.01. The summed E-state index contributed by atoms with van der Waals surface area (Å²) >= 11 is 1.87. The zero-order valence-electron chi connectivity index (χ0n) is 33.3. The van der Waals surface area contributed by atoms with Crippen LogP contribution in [0.4, 0.5) is 34.1 Å². The second kappa shape index (κ2) is 15.4. The van der Waals surface area contributed by atoms with Crippen molar-refractivity contribution in [1.29, 1.82) is 0 Å². The van der Waals surface area contributed by atoms with Crippen molar-refractivity contribution in [1.82, 2.24) is 0 Å². The molecule has 0 fully saturated rings. The third-order valence-corrected chi connectivity index (χ3v) is 13.8. The van der Waals surface area contributed by atoms with E-state index in [9.17, 15) is 0 Å². The molecule has 0 bridgehead atoms. The van der Waals surface area contributed by atoms with E-state index in [4.69, 9.17) is 0 Å². The standard InChI is InChI=1S/C56H46N2S/c1-4-16-40(17-5-1)55-48-23-10-12-25-50(48)56(51-26-13-11-24-49(51)55)58(43-20-8-3-9-21-43)46-35-33-45(34-36-46)57(42-18-6-2-7-19-42)44-31-28-39(29-32-44)41-30-37-54-52(38-41)47-22-14-15-27-53(47)59-54/h1-9,14-22,27-38H,10-13,23-26H2. The van der Waals surface area contributed by atoms with Crippen molar-refractivity contribution in [3.63, 3.8) is 0 Å². The van der Waals surface area contributed by atoms with Crippen molar-refractivity contribution < 1.29 is 0 Å². The number of anilines is 6. The van der Waals surface area contributed by atoms with E-state index in [0.29, 0.717) is 0 Å². The molecule has 0 atom stereocenters. The van der Waals surface area contributed by atoms with E-state index in [-0.39, 0.29) is 0 Å². The van der Waals surface area contributed by atoms with Crippen molar-refractivity contribution in [2.75, 3.05) is 9.80 Å². The van der Waals surface area contributed by atoms with Crippen LogP contribution in [0.25, 0.3) is 42.4 Å². The van der Waals surface area contributed by atoms with Gasteiger partial charge in [0, 0.05) is 48.6 Å². The van der Waals surface area contributed by atoms with Crippen molar-refractivity contribution in [2.45, 2.75) is 51.4 Å². The Kier molecular flexibility index (Phi) is 9.32. The Labute approximate surface area is 351 Å². The highest BCUT2D eigenvalue weighted by Gasteiger charge is 2.31. The first-order chi connectivity index (χ1) is 29.3. The molecule has 59 heavy (non-hydrogen) atoms. The fourth-order valence-electron chi connectivity index (χ4n) is 9.94. The van der Waals surface area contributed by atoms with Crippen molar-refractivity contribution >= 4 is 65.6 Å². The summed E-state index contributed by atoms with van der Waals surface area (Å²) in [7, 11) is 0. The van der Waals surface area contributed by atoms with E-state index < -0.39 is 0 Å². The van der Waals surface area contributed by atoms with Crippen LogP contribution in [-0.4, -0.2) is 0 Å². The molecule has 2 aliphatic carbocycles. The lowest BCUT2D eigenvalue weighted by Crippen LogP contribution is -2.22. The number of nitrogens with zero attached hydrogens (tertiary/aromatic N) is 2. The first-order valence-electron chi connectivity index (χ1n) is 21.4. The van der Waals surface area contributed by atoms with E-state index in [2.05, 4.69) is 192 Å². The van der Waals surface area contributed by atoms with E-state index >= 15 is 0 Å². The summed E-state index contributed by atoms with van der Waals surface area (Å²) in [5.41, 5.74) is 18.9. The first-order valence-corrected chi connectivity index (χ1v) is 22.2. The van der Waals surface area contributed by atoms with Gasteiger partial charge in [-0.1, -0.05) is 103 Å². The second-order valence-electron chi connectivity index (χ2n) is 16.1. The Morgan fingerprint density at radius 1 is 0.322 bits per heavy atom. The second-order valence-corrected chi connectivity index (χ2v) is 17.2. The maximum atomic E-state index is 2.60. The largest absolute Gasteiger partial charge is 0.311 e. The minimum absolute atomic E-state index is 1.12. The fraction of sp³-hybridized carbons (Fsp3) is 0.143. The smallest absolute Gasteiger partial charge is 0.0531 e. The maximum Gasteiger partial charge on any atom is 0.0531 e. The number of thiophene rings is 1. The van der Waals surface area contributed by atoms with Crippen LogP contribution >= 0.6 is 11.3 Å². The summed E-state index contributed by atoms with van der Waals surface area (Å²) in [6.07, 6.45) is 9.50. The van der Waals surface area contributed by atoms with Gasteiger partial charge < -0.3 is 9.80 Å². The average Bonchev–Trinajstić information content (AvgIpc) is 3.69. The van der Waals surface area contributed by atoms with Gasteiger partial charge in [0.2, 0.25) is 0 Å².